The van der Waals surface area contributed by atoms with Crippen LogP contribution < -0.4 is 11.1 Å². The zero-order valence-electron chi connectivity index (χ0n) is 14.1. The summed E-state index contributed by atoms with van der Waals surface area (Å²) in [7, 11) is 0. The van der Waals surface area contributed by atoms with Crippen molar-refractivity contribution in [2.24, 2.45) is 17.1 Å². The van der Waals surface area contributed by atoms with Gasteiger partial charge in [-0.15, -0.1) is 0 Å². The quantitative estimate of drug-likeness (QED) is 0.894. The van der Waals surface area contributed by atoms with E-state index in [0.717, 1.165) is 19.4 Å². The van der Waals surface area contributed by atoms with Crippen LogP contribution in [0.15, 0.2) is 24.3 Å². The number of hydrogen-bond donors (Lipinski definition) is 2. The highest BCUT2D eigenvalue weighted by Gasteiger charge is 2.35. The fourth-order valence-corrected chi connectivity index (χ4v) is 3.12. The molecule has 1 aromatic rings. The highest BCUT2D eigenvalue weighted by atomic mass is 16.5. The topological polar surface area (TPSA) is 81.4 Å². The summed E-state index contributed by atoms with van der Waals surface area (Å²) in [4.78, 5) is 23.3. The van der Waals surface area contributed by atoms with Gasteiger partial charge in [0.1, 0.15) is 0 Å². The van der Waals surface area contributed by atoms with E-state index >= 15 is 0 Å². The molecule has 2 rings (SSSR count). The normalized spacial score (nSPS) is 21.7. The third-order valence-corrected chi connectivity index (χ3v) is 4.25. The number of nitrogens with one attached hydrogen (secondary N) is 1. The summed E-state index contributed by atoms with van der Waals surface area (Å²) in [5.41, 5.74) is 6.18. The third-order valence-electron chi connectivity index (χ3n) is 4.25. The summed E-state index contributed by atoms with van der Waals surface area (Å²) in [5.74, 6) is -0.318. The number of rotatable bonds is 4. The first-order valence-electron chi connectivity index (χ1n) is 8.08. The van der Waals surface area contributed by atoms with Gasteiger partial charge in [-0.1, -0.05) is 20.8 Å². The highest BCUT2D eigenvalue weighted by Crippen LogP contribution is 2.33. The number of amides is 2. The van der Waals surface area contributed by atoms with E-state index in [0.29, 0.717) is 23.6 Å². The van der Waals surface area contributed by atoms with Gasteiger partial charge in [-0.05, 0) is 42.5 Å². The molecule has 1 aliphatic rings. The van der Waals surface area contributed by atoms with Crippen molar-refractivity contribution in [2.45, 2.75) is 39.7 Å². The van der Waals surface area contributed by atoms with E-state index in [9.17, 15) is 9.59 Å². The van der Waals surface area contributed by atoms with Crippen LogP contribution in [0.25, 0.3) is 0 Å². The molecule has 1 aromatic carbocycles. The lowest BCUT2D eigenvalue weighted by Gasteiger charge is -2.40. The van der Waals surface area contributed by atoms with Gasteiger partial charge in [0, 0.05) is 30.2 Å². The molecule has 0 radical (unpaired) electrons. The van der Waals surface area contributed by atoms with Crippen molar-refractivity contribution in [3.8, 4) is 0 Å². The fourth-order valence-electron chi connectivity index (χ4n) is 3.12. The van der Waals surface area contributed by atoms with Crippen LogP contribution >= 0.6 is 0 Å². The smallest absolute Gasteiger partial charge is 0.251 e. The lowest BCUT2D eigenvalue weighted by atomic mass is 9.78. The molecule has 5 heteroatoms. The van der Waals surface area contributed by atoms with E-state index in [4.69, 9.17) is 10.5 Å². The minimum atomic E-state index is -0.496. The van der Waals surface area contributed by atoms with Gasteiger partial charge in [-0.25, -0.2) is 0 Å². The first-order chi connectivity index (χ1) is 10.8. The Hall–Kier alpha value is -1.88. The maximum atomic E-state index is 12.3. The Labute approximate surface area is 137 Å². The molecule has 5 nitrogen and oxygen atoms in total. The highest BCUT2D eigenvalue weighted by molar-refractivity contribution is 5.97. The van der Waals surface area contributed by atoms with Crippen molar-refractivity contribution in [2.75, 3.05) is 13.2 Å². The number of ether oxygens (including phenoxy) is 1. The number of carbonyl (C=O) groups excluding carboxylic acids is 2. The summed E-state index contributed by atoms with van der Waals surface area (Å²) in [5, 5.41) is 2.98. The third kappa shape index (κ3) is 4.55. The van der Waals surface area contributed by atoms with E-state index in [2.05, 4.69) is 26.1 Å². The molecule has 126 valence electrons. The Morgan fingerprint density at radius 2 is 1.83 bits per heavy atom. The Morgan fingerprint density at radius 1 is 1.22 bits per heavy atom. The molecule has 0 spiro atoms. The molecule has 3 N–H and O–H groups in total. The SMILES string of the molecule is CC(C)(C)C1OCCCC1CNC(=O)c1ccc(C(N)=O)cc1. The molecule has 1 aliphatic heterocycles. The van der Waals surface area contributed by atoms with Crippen molar-refractivity contribution >= 4 is 11.8 Å². The van der Waals surface area contributed by atoms with Gasteiger partial charge in [0.05, 0.1) is 6.10 Å². The predicted octanol–water partition coefficient (Wildman–Crippen LogP) is 2.36. The average Bonchev–Trinajstić information content (AvgIpc) is 2.52. The Balaban J connectivity index is 1.96. The zero-order valence-corrected chi connectivity index (χ0v) is 14.1. The summed E-state index contributed by atoms with van der Waals surface area (Å²) < 4.78 is 5.93. The number of carbonyl (C=O) groups is 2. The predicted molar refractivity (Wildman–Crippen MR) is 89.2 cm³/mol. The first kappa shape index (κ1) is 17.5. The molecule has 2 atom stereocenters. The molecule has 23 heavy (non-hydrogen) atoms. The number of primary amides is 1. The molecule has 1 heterocycles. The summed E-state index contributed by atoms with van der Waals surface area (Å²) in [6.45, 7) is 7.89. The Morgan fingerprint density at radius 3 is 2.39 bits per heavy atom. The van der Waals surface area contributed by atoms with Gasteiger partial charge >= 0.3 is 0 Å². The number of hydrogen-bond acceptors (Lipinski definition) is 3. The minimum absolute atomic E-state index is 0.0545. The second kappa shape index (κ2) is 7.13. The van der Waals surface area contributed by atoms with Gasteiger partial charge in [0.25, 0.3) is 5.91 Å². The standard InChI is InChI=1S/C18H26N2O3/c1-18(2,3)15-14(5-4-10-23-15)11-20-17(22)13-8-6-12(7-9-13)16(19)21/h6-9,14-15H,4-5,10-11H2,1-3H3,(H2,19,21)(H,20,22). The molecule has 1 saturated heterocycles. The molecule has 0 saturated carbocycles. The van der Waals surface area contributed by atoms with E-state index in [1.807, 2.05) is 0 Å². The molecule has 2 amide bonds. The molecule has 0 bridgehead atoms. The van der Waals surface area contributed by atoms with Crippen molar-refractivity contribution in [1.29, 1.82) is 0 Å². The van der Waals surface area contributed by atoms with Crippen molar-refractivity contribution < 1.29 is 14.3 Å². The van der Waals surface area contributed by atoms with Crippen LogP contribution in [0.4, 0.5) is 0 Å². The van der Waals surface area contributed by atoms with Crippen molar-refractivity contribution in [1.82, 2.24) is 5.32 Å². The number of nitrogens with two attached hydrogens (primary N) is 1. The van der Waals surface area contributed by atoms with Crippen LogP contribution in [0.5, 0.6) is 0 Å². The molecule has 0 aliphatic carbocycles. The van der Waals surface area contributed by atoms with Crippen LogP contribution in [-0.2, 0) is 4.74 Å². The Kier molecular flexibility index (Phi) is 5.42. The Bertz CT molecular complexity index is 561. The number of benzene rings is 1. The van der Waals surface area contributed by atoms with Gasteiger partial charge in [-0.2, -0.15) is 0 Å². The first-order valence-corrected chi connectivity index (χ1v) is 8.08. The van der Waals surface area contributed by atoms with Crippen molar-refractivity contribution in [3.05, 3.63) is 35.4 Å². The van der Waals surface area contributed by atoms with Crippen LogP contribution in [0, 0.1) is 11.3 Å². The van der Waals surface area contributed by atoms with Gasteiger partial charge < -0.3 is 15.8 Å². The van der Waals surface area contributed by atoms with Crippen LogP contribution in [0.3, 0.4) is 0 Å². The average molecular weight is 318 g/mol. The summed E-state index contributed by atoms with van der Waals surface area (Å²) >= 11 is 0. The van der Waals surface area contributed by atoms with Gasteiger partial charge in [0.15, 0.2) is 0 Å². The van der Waals surface area contributed by atoms with Crippen LogP contribution in [-0.4, -0.2) is 31.1 Å². The fraction of sp³-hybridized carbons (Fsp3) is 0.556. The molecule has 2 unspecified atom stereocenters. The lowest BCUT2D eigenvalue weighted by Crippen LogP contribution is -2.45. The second-order valence-corrected chi connectivity index (χ2v) is 7.21. The monoisotopic (exact) mass is 318 g/mol. The summed E-state index contributed by atoms with van der Waals surface area (Å²) in [6, 6.07) is 6.37. The maximum Gasteiger partial charge on any atom is 0.251 e. The van der Waals surface area contributed by atoms with Gasteiger partial charge in [0.2, 0.25) is 5.91 Å². The van der Waals surface area contributed by atoms with E-state index < -0.39 is 5.91 Å². The minimum Gasteiger partial charge on any atom is -0.377 e. The zero-order chi connectivity index (χ0) is 17.0. The van der Waals surface area contributed by atoms with Crippen molar-refractivity contribution in [3.63, 3.8) is 0 Å². The molecule has 1 fully saturated rings. The van der Waals surface area contributed by atoms with Crippen LogP contribution in [0.1, 0.15) is 54.3 Å². The van der Waals surface area contributed by atoms with Crippen LogP contribution in [0.2, 0.25) is 0 Å². The van der Waals surface area contributed by atoms with E-state index in [-0.39, 0.29) is 17.4 Å². The second-order valence-electron chi connectivity index (χ2n) is 7.21. The van der Waals surface area contributed by atoms with E-state index in [1.54, 1.807) is 24.3 Å². The van der Waals surface area contributed by atoms with E-state index in [1.165, 1.54) is 0 Å². The molecule has 0 aromatic heterocycles. The summed E-state index contributed by atoms with van der Waals surface area (Å²) in [6.07, 6.45) is 2.23. The largest absolute Gasteiger partial charge is 0.377 e. The maximum absolute atomic E-state index is 12.3. The molecular formula is C18H26N2O3. The molecular weight excluding hydrogens is 292 g/mol. The van der Waals surface area contributed by atoms with Gasteiger partial charge in [-0.3, -0.25) is 9.59 Å². The lowest BCUT2D eigenvalue weighted by molar-refractivity contribution is -0.0839.